The summed E-state index contributed by atoms with van der Waals surface area (Å²) in [6.45, 7) is 7.40. The summed E-state index contributed by atoms with van der Waals surface area (Å²) >= 11 is 0. The number of nitrogens with one attached hydrogen (secondary N) is 2. The average molecular weight is 291 g/mol. The molecule has 6 heteroatoms. The summed E-state index contributed by atoms with van der Waals surface area (Å²) in [5.74, 6) is 2.03. The SMILES string of the molecule is CCCNc1ncnc(N2CCNC(=O)CC2)c1CCC. The van der Waals surface area contributed by atoms with E-state index in [9.17, 15) is 4.79 Å². The molecule has 0 bridgehead atoms. The number of aromatic nitrogens is 2. The molecule has 1 aliphatic heterocycles. The molecule has 2 rings (SSSR count). The van der Waals surface area contributed by atoms with Crippen LogP contribution in [0.3, 0.4) is 0 Å². The van der Waals surface area contributed by atoms with Crippen molar-refractivity contribution in [2.45, 2.75) is 39.5 Å². The summed E-state index contributed by atoms with van der Waals surface area (Å²) in [7, 11) is 0. The van der Waals surface area contributed by atoms with Crippen LogP contribution >= 0.6 is 0 Å². The van der Waals surface area contributed by atoms with Crippen LogP contribution in [0.5, 0.6) is 0 Å². The molecule has 1 aromatic heterocycles. The fraction of sp³-hybridized carbons (Fsp3) is 0.667. The van der Waals surface area contributed by atoms with Crippen LogP contribution in [0.1, 0.15) is 38.7 Å². The molecule has 0 radical (unpaired) electrons. The first kappa shape index (κ1) is 15.5. The molecule has 0 saturated carbocycles. The quantitative estimate of drug-likeness (QED) is 0.832. The van der Waals surface area contributed by atoms with E-state index in [2.05, 4.69) is 39.3 Å². The molecule has 0 spiro atoms. The summed E-state index contributed by atoms with van der Waals surface area (Å²) < 4.78 is 0. The summed E-state index contributed by atoms with van der Waals surface area (Å²) in [5, 5.41) is 6.30. The highest BCUT2D eigenvalue weighted by Gasteiger charge is 2.19. The van der Waals surface area contributed by atoms with E-state index in [1.165, 1.54) is 5.56 Å². The van der Waals surface area contributed by atoms with Crippen LogP contribution in [-0.4, -0.2) is 42.1 Å². The van der Waals surface area contributed by atoms with Gasteiger partial charge in [-0.15, -0.1) is 0 Å². The molecule has 1 saturated heterocycles. The summed E-state index contributed by atoms with van der Waals surface area (Å²) in [5.41, 5.74) is 1.17. The summed E-state index contributed by atoms with van der Waals surface area (Å²) in [6, 6.07) is 0. The van der Waals surface area contributed by atoms with E-state index in [4.69, 9.17) is 0 Å². The Labute approximate surface area is 126 Å². The van der Waals surface area contributed by atoms with E-state index in [-0.39, 0.29) is 5.91 Å². The van der Waals surface area contributed by atoms with Crippen molar-refractivity contribution in [1.82, 2.24) is 15.3 Å². The standard InChI is InChI=1S/C15H25N5O/c1-3-5-12-14(17-7-4-2)18-11-19-15(12)20-9-6-13(21)16-8-10-20/h11H,3-10H2,1-2H3,(H,16,21)(H,17,18,19). The minimum atomic E-state index is 0.118. The molecule has 1 aromatic rings. The molecular formula is C15H25N5O. The van der Waals surface area contributed by atoms with Gasteiger partial charge in [0.25, 0.3) is 0 Å². The molecule has 0 aliphatic carbocycles. The van der Waals surface area contributed by atoms with Crippen LogP contribution in [0.25, 0.3) is 0 Å². The molecule has 116 valence electrons. The third-order valence-corrected chi connectivity index (χ3v) is 3.58. The van der Waals surface area contributed by atoms with Crippen molar-refractivity contribution in [2.24, 2.45) is 0 Å². The van der Waals surface area contributed by atoms with Crippen molar-refractivity contribution in [1.29, 1.82) is 0 Å². The van der Waals surface area contributed by atoms with E-state index in [0.717, 1.165) is 44.0 Å². The number of nitrogens with zero attached hydrogens (tertiary/aromatic N) is 3. The fourth-order valence-corrected chi connectivity index (χ4v) is 2.53. The van der Waals surface area contributed by atoms with Gasteiger partial charge in [0, 0.05) is 38.2 Å². The van der Waals surface area contributed by atoms with Gasteiger partial charge < -0.3 is 15.5 Å². The van der Waals surface area contributed by atoms with Crippen molar-refractivity contribution in [3.63, 3.8) is 0 Å². The molecular weight excluding hydrogens is 266 g/mol. The molecule has 6 nitrogen and oxygen atoms in total. The molecule has 0 unspecified atom stereocenters. The predicted octanol–water partition coefficient (Wildman–Crippen LogP) is 1.58. The van der Waals surface area contributed by atoms with Crippen LogP contribution in [-0.2, 0) is 11.2 Å². The van der Waals surface area contributed by atoms with E-state index >= 15 is 0 Å². The first-order valence-electron chi connectivity index (χ1n) is 7.85. The summed E-state index contributed by atoms with van der Waals surface area (Å²) in [6.07, 6.45) is 5.19. The van der Waals surface area contributed by atoms with E-state index in [0.29, 0.717) is 19.5 Å². The zero-order valence-electron chi connectivity index (χ0n) is 13.0. The first-order chi connectivity index (χ1) is 10.3. The van der Waals surface area contributed by atoms with Gasteiger partial charge in [-0.25, -0.2) is 9.97 Å². The molecule has 0 aromatic carbocycles. The second-order valence-electron chi connectivity index (χ2n) is 5.29. The Kier molecular flexibility index (Phi) is 5.78. The van der Waals surface area contributed by atoms with Gasteiger partial charge in [0.05, 0.1) is 0 Å². The van der Waals surface area contributed by atoms with Gasteiger partial charge in [-0.3, -0.25) is 4.79 Å². The minimum absolute atomic E-state index is 0.118. The van der Waals surface area contributed by atoms with E-state index < -0.39 is 0 Å². The maximum atomic E-state index is 11.5. The monoisotopic (exact) mass is 291 g/mol. The Hall–Kier alpha value is -1.85. The van der Waals surface area contributed by atoms with Crippen LogP contribution in [0.15, 0.2) is 6.33 Å². The second-order valence-corrected chi connectivity index (χ2v) is 5.29. The Bertz CT molecular complexity index is 477. The van der Waals surface area contributed by atoms with Gasteiger partial charge in [-0.1, -0.05) is 20.3 Å². The molecule has 1 amide bonds. The lowest BCUT2D eigenvalue weighted by atomic mass is 10.1. The summed E-state index contributed by atoms with van der Waals surface area (Å²) in [4.78, 5) is 22.6. The van der Waals surface area contributed by atoms with Crippen molar-refractivity contribution in [3.8, 4) is 0 Å². The van der Waals surface area contributed by atoms with Gasteiger partial charge in [-0.05, 0) is 12.8 Å². The van der Waals surface area contributed by atoms with Crippen LogP contribution in [0, 0.1) is 0 Å². The number of carbonyl (C=O) groups is 1. The molecule has 1 aliphatic rings. The third kappa shape index (κ3) is 4.06. The largest absolute Gasteiger partial charge is 0.370 e. The van der Waals surface area contributed by atoms with Gasteiger partial charge in [0.15, 0.2) is 0 Å². The van der Waals surface area contributed by atoms with Crippen LogP contribution < -0.4 is 15.5 Å². The Morgan fingerprint density at radius 3 is 2.90 bits per heavy atom. The van der Waals surface area contributed by atoms with E-state index in [1.807, 2.05) is 0 Å². The van der Waals surface area contributed by atoms with Gasteiger partial charge in [0.2, 0.25) is 5.91 Å². The second kappa shape index (κ2) is 7.81. The molecule has 1 fully saturated rings. The van der Waals surface area contributed by atoms with Gasteiger partial charge in [-0.2, -0.15) is 0 Å². The average Bonchev–Trinajstić information content (AvgIpc) is 2.71. The maximum Gasteiger partial charge on any atom is 0.221 e. The number of amides is 1. The van der Waals surface area contributed by atoms with Gasteiger partial charge in [0.1, 0.15) is 18.0 Å². The number of rotatable bonds is 6. The minimum Gasteiger partial charge on any atom is -0.370 e. The topological polar surface area (TPSA) is 70.2 Å². The molecule has 2 N–H and O–H groups in total. The lowest BCUT2D eigenvalue weighted by molar-refractivity contribution is -0.120. The highest BCUT2D eigenvalue weighted by atomic mass is 16.1. The Morgan fingerprint density at radius 2 is 2.14 bits per heavy atom. The zero-order chi connectivity index (χ0) is 15.1. The van der Waals surface area contributed by atoms with Crippen molar-refractivity contribution in [3.05, 3.63) is 11.9 Å². The number of carbonyl (C=O) groups excluding carboxylic acids is 1. The predicted molar refractivity (Wildman–Crippen MR) is 84.6 cm³/mol. The first-order valence-corrected chi connectivity index (χ1v) is 7.85. The van der Waals surface area contributed by atoms with Crippen molar-refractivity contribution >= 4 is 17.5 Å². The molecule has 21 heavy (non-hydrogen) atoms. The maximum absolute atomic E-state index is 11.5. The number of hydrogen-bond donors (Lipinski definition) is 2. The smallest absolute Gasteiger partial charge is 0.221 e. The van der Waals surface area contributed by atoms with Crippen LogP contribution in [0.4, 0.5) is 11.6 Å². The van der Waals surface area contributed by atoms with Crippen molar-refractivity contribution in [2.75, 3.05) is 36.4 Å². The lowest BCUT2D eigenvalue weighted by Crippen LogP contribution is -2.30. The highest BCUT2D eigenvalue weighted by molar-refractivity contribution is 5.77. The highest BCUT2D eigenvalue weighted by Crippen LogP contribution is 2.25. The van der Waals surface area contributed by atoms with E-state index in [1.54, 1.807) is 6.33 Å². The third-order valence-electron chi connectivity index (χ3n) is 3.58. The van der Waals surface area contributed by atoms with Gasteiger partial charge >= 0.3 is 0 Å². The number of hydrogen-bond acceptors (Lipinski definition) is 5. The zero-order valence-corrected chi connectivity index (χ0v) is 13.0. The molecule has 0 atom stereocenters. The lowest BCUT2D eigenvalue weighted by Gasteiger charge is -2.24. The van der Waals surface area contributed by atoms with Crippen molar-refractivity contribution < 1.29 is 4.79 Å². The number of anilines is 2. The van der Waals surface area contributed by atoms with Crippen LogP contribution in [0.2, 0.25) is 0 Å². The normalized spacial score (nSPS) is 15.5. The Balaban J connectivity index is 2.25. The Morgan fingerprint density at radius 1 is 1.29 bits per heavy atom. The fourth-order valence-electron chi connectivity index (χ4n) is 2.53. The molecule has 2 heterocycles.